The molecule has 8 heteroatoms. The highest BCUT2D eigenvalue weighted by atomic mass is 16.7. The zero-order chi connectivity index (χ0) is 22.7. The standard InChI is InChI=1S/C24H23NO7/c26-19(27)9-5-2-6-12-25-21(16-10-11-17-18(13-16)32-14-31-17)20(23(29)24(25)30)22(28)15-7-3-1-4-8-15/h1,3-4,7-8,10-11,13,21,28H,2,5-6,9,12,14H2,(H,26,27)/t21-/m1/s1. The molecule has 0 aliphatic carbocycles. The quantitative estimate of drug-likeness (QED) is 0.281. The van der Waals surface area contributed by atoms with Crippen LogP contribution in [0.2, 0.25) is 0 Å². The van der Waals surface area contributed by atoms with Crippen LogP contribution in [-0.2, 0) is 14.4 Å². The Kier molecular flexibility index (Phi) is 6.11. The Morgan fingerprint density at radius 2 is 1.72 bits per heavy atom. The van der Waals surface area contributed by atoms with E-state index in [0.717, 1.165) is 0 Å². The number of rotatable bonds is 8. The number of benzene rings is 2. The van der Waals surface area contributed by atoms with Crippen molar-refractivity contribution in [3.8, 4) is 11.5 Å². The number of fused-ring (bicyclic) bond motifs is 1. The third kappa shape index (κ3) is 4.16. The molecule has 1 saturated heterocycles. The first-order valence-corrected chi connectivity index (χ1v) is 10.4. The number of aliphatic hydroxyl groups excluding tert-OH is 1. The van der Waals surface area contributed by atoms with Crippen LogP contribution in [-0.4, -0.2) is 46.1 Å². The maximum Gasteiger partial charge on any atom is 0.303 e. The van der Waals surface area contributed by atoms with Gasteiger partial charge in [-0.25, -0.2) is 0 Å². The van der Waals surface area contributed by atoms with Crippen LogP contribution in [0.3, 0.4) is 0 Å². The van der Waals surface area contributed by atoms with Gasteiger partial charge in [-0.05, 0) is 30.5 Å². The molecule has 166 valence electrons. The van der Waals surface area contributed by atoms with Crippen molar-refractivity contribution in [2.75, 3.05) is 13.3 Å². The number of amides is 1. The average Bonchev–Trinajstić information content (AvgIpc) is 3.36. The van der Waals surface area contributed by atoms with Gasteiger partial charge in [-0.2, -0.15) is 0 Å². The van der Waals surface area contributed by atoms with E-state index in [2.05, 4.69) is 0 Å². The zero-order valence-electron chi connectivity index (χ0n) is 17.3. The lowest BCUT2D eigenvalue weighted by molar-refractivity contribution is -0.140. The van der Waals surface area contributed by atoms with Gasteiger partial charge in [0.15, 0.2) is 11.5 Å². The van der Waals surface area contributed by atoms with Crippen LogP contribution in [0.4, 0.5) is 0 Å². The lowest BCUT2D eigenvalue weighted by Gasteiger charge is -2.25. The summed E-state index contributed by atoms with van der Waals surface area (Å²) in [6.45, 7) is 0.349. The number of hydrogen-bond donors (Lipinski definition) is 2. The molecule has 32 heavy (non-hydrogen) atoms. The summed E-state index contributed by atoms with van der Waals surface area (Å²) in [7, 11) is 0. The Labute approximate surface area is 184 Å². The van der Waals surface area contributed by atoms with E-state index in [4.69, 9.17) is 14.6 Å². The van der Waals surface area contributed by atoms with E-state index in [1.54, 1.807) is 48.5 Å². The number of hydrogen-bond acceptors (Lipinski definition) is 6. The number of aliphatic hydroxyl groups is 1. The molecule has 2 N–H and O–H groups in total. The van der Waals surface area contributed by atoms with Crippen molar-refractivity contribution in [1.29, 1.82) is 0 Å². The number of carbonyl (C=O) groups is 3. The first kappa shape index (κ1) is 21.4. The second-order valence-corrected chi connectivity index (χ2v) is 7.68. The summed E-state index contributed by atoms with van der Waals surface area (Å²) in [5.41, 5.74) is 1.08. The van der Waals surface area contributed by atoms with E-state index in [1.807, 2.05) is 0 Å². The molecular formula is C24H23NO7. The van der Waals surface area contributed by atoms with Crippen molar-refractivity contribution in [1.82, 2.24) is 4.90 Å². The molecule has 4 rings (SSSR count). The molecule has 0 aromatic heterocycles. The van der Waals surface area contributed by atoms with Crippen LogP contribution < -0.4 is 9.47 Å². The minimum Gasteiger partial charge on any atom is -0.507 e. The number of carboxylic acid groups (broad SMARTS) is 1. The van der Waals surface area contributed by atoms with Crippen LogP contribution in [0, 0.1) is 0 Å². The molecule has 2 aromatic carbocycles. The first-order chi connectivity index (χ1) is 15.5. The van der Waals surface area contributed by atoms with Gasteiger partial charge in [0.05, 0.1) is 11.6 Å². The second-order valence-electron chi connectivity index (χ2n) is 7.68. The number of nitrogens with zero attached hydrogens (tertiary/aromatic N) is 1. The molecule has 0 saturated carbocycles. The summed E-state index contributed by atoms with van der Waals surface area (Å²) in [6, 6.07) is 13.0. The normalized spacial score (nSPS) is 18.9. The minimum absolute atomic E-state index is 0.0191. The zero-order valence-corrected chi connectivity index (χ0v) is 17.3. The summed E-state index contributed by atoms with van der Waals surface area (Å²) in [6.07, 6.45) is 1.67. The smallest absolute Gasteiger partial charge is 0.303 e. The number of likely N-dealkylation sites (tertiary alicyclic amines) is 1. The predicted molar refractivity (Wildman–Crippen MR) is 114 cm³/mol. The maximum atomic E-state index is 13.0. The van der Waals surface area contributed by atoms with Crippen LogP contribution in [0.5, 0.6) is 11.5 Å². The molecule has 2 aromatic rings. The molecule has 8 nitrogen and oxygen atoms in total. The first-order valence-electron chi connectivity index (χ1n) is 10.4. The van der Waals surface area contributed by atoms with Gasteiger partial charge in [0.2, 0.25) is 6.79 Å². The van der Waals surface area contributed by atoms with Crippen LogP contribution >= 0.6 is 0 Å². The Hall–Kier alpha value is -3.81. The molecule has 1 amide bonds. The van der Waals surface area contributed by atoms with Gasteiger partial charge in [0.25, 0.3) is 11.7 Å². The number of Topliss-reactive ketones (excluding diaryl/α,β-unsaturated/α-hetero) is 1. The SMILES string of the molecule is O=C(O)CCCCCN1C(=O)C(=O)C(=C(O)c2ccccc2)[C@H]1c1ccc2c(c1)OCO2. The van der Waals surface area contributed by atoms with E-state index >= 15 is 0 Å². The number of ketones is 1. The average molecular weight is 437 g/mol. The topological polar surface area (TPSA) is 113 Å². The van der Waals surface area contributed by atoms with Crippen molar-refractivity contribution >= 4 is 23.4 Å². The molecule has 2 aliphatic rings. The molecule has 0 bridgehead atoms. The summed E-state index contributed by atoms with van der Waals surface area (Å²) in [5.74, 6) is -1.46. The van der Waals surface area contributed by atoms with Gasteiger partial charge in [0.1, 0.15) is 5.76 Å². The molecule has 2 aliphatic heterocycles. The largest absolute Gasteiger partial charge is 0.507 e. The summed E-state index contributed by atoms with van der Waals surface area (Å²) in [5, 5.41) is 19.8. The fraction of sp³-hybridized carbons (Fsp3) is 0.292. The molecule has 0 spiro atoms. The minimum atomic E-state index is -0.867. The second kappa shape index (κ2) is 9.13. The number of ether oxygens (including phenoxy) is 2. The highest BCUT2D eigenvalue weighted by Crippen LogP contribution is 2.43. The number of unbranched alkanes of at least 4 members (excludes halogenated alkanes) is 2. The summed E-state index contributed by atoms with van der Waals surface area (Å²) < 4.78 is 10.8. The van der Waals surface area contributed by atoms with Crippen molar-refractivity contribution < 1.29 is 34.1 Å². The highest BCUT2D eigenvalue weighted by Gasteiger charge is 2.46. The Morgan fingerprint density at radius 3 is 2.47 bits per heavy atom. The number of carboxylic acids is 1. The van der Waals surface area contributed by atoms with E-state index < -0.39 is 23.7 Å². The molecule has 0 unspecified atom stereocenters. The van der Waals surface area contributed by atoms with Gasteiger partial charge in [-0.1, -0.05) is 42.8 Å². The third-order valence-corrected chi connectivity index (χ3v) is 5.59. The van der Waals surface area contributed by atoms with Crippen LogP contribution in [0.1, 0.15) is 42.9 Å². The molecule has 1 atom stereocenters. The van der Waals surface area contributed by atoms with E-state index in [-0.39, 0.29) is 31.1 Å². The Balaban J connectivity index is 1.69. The highest BCUT2D eigenvalue weighted by molar-refractivity contribution is 6.46. The lowest BCUT2D eigenvalue weighted by Crippen LogP contribution is -2.30. The van der Waals surface area contributed by atoms with Gasteiger partial charge in [0, 0.05) is 18.5 Å². The van der Waals surface area contributed by atoms with Gasteiger partial charge < -0.3 is 24.6 Å². The summed E-state index contributed by atoms with van der Waals surface area (Å²) in [4.78, 5) is 38.1. The number of carbonyl (C=O) groups excluding carboxylic acids is 2. The van der Waals surface area contributed by atoms with Gasteiger partial charge >= 0.3 is 5.97 Å². The molecule has 2 heterocycles. The van der Waals surface area contributed by atoms with Gasteiger partial charge in [-0.15, -0.1) is 0 Å². The fourth-order valence-electron chi connectivity index (χ4n) is 4.03. The van der Waals surface area contributed by atoms with Gasteiger partial charge in [-0.3, -0.25) is 14.4 Å². The predicted octanol–water partition coefficient (Wildman–Crippen LogP) is 3.48. The third-order valence-electron chi connectivity index (χ3n) is 5.59. The van der Waals surface area contributed by atoms with E-state index in [0.29, 0.717) is 41.9 Å². The molecular weight excluding hydrogens is 414 g/mol. The molecule has 0 radical (unpaired) electrons. The van der Waals surface area contributed by atoms with Crippen molar-refractivity contribution in [3.63, 3.8) is 0 Å². The fourth-order valence-corrected chi connectivity index (χ4v) is 4.03. The molecule has 1 fully saturated rings. The van der Waals surface area contributed by atoms with E-state index in [1.165, 1.54) is 4.90 Å². The Morgan fingerprint density at radius 1 is 0.969 bits per heavy atom. The maximum absolute atomic E-state index is 13.0. The van der Waals surface area contributed by atoms with Crippen LogP contribution in [0.25, 0.3) is 5.76 Å². The van der Waals surface area contributed by atoms with Crippen molar-refractivity contribution in [3.05, 3.63) is 65.2 Å². The monoisotopic (exact) mass is 437 g/mol. The number of aliphatic carboxylic acids is 1. The van der Waals surface area contributed by atoms with E-state index in [9.17, 15) is 19.5 Å². The van der Waals surface area contributed by atoms with Crippen LogP contribution in [0.15, 0.2) is 54.1 Å². The summed E-state index contributed by atoms with van der Waals surface area (Å²) >= 11 is 0. The lowest BCUT2D eigenvalue weighted by atomic mass is 9.95. The Bertz CT molecular complexity index is 1080. The van der Waals surface area contributed by atoms with Crippen molar-refractivity contribution in [2.45, 2.75) is 31.7 Å². The van der Waals surface area contributed by atoms with Crippen molar-refractivity contribution in [2.24, 2.45) is 0 Å².